The van der Waals surface area contributed by atoms with Crippen LogP contribution in [0, 0.1) is 0 Å². The summed E-state index contributed by atoms with van der Waals surface area (Å²) < 4.78 is 43.5. The van der Waals surface area contributed by atoms with Gasteiger partial charge in [-0.2, -0.15) is 13.2 Å². The van der Waals surface area contributed by atoms with Gasteiger partial charge >= 0.3 is 6.18 Å². The molecule has 20 heavy (non-hydrogen) atoms. The highest BCUT2D eigenvalue weighted by molar-refractivity contribution is 5.77. The van der Waals surface area contributed by atoms with Gasteiger partial charge in [0.2, 0.25) is 5.91 Å². The minimum atomic E-state index is -4.40. The van der Waals surface area contributed by atoms with Crippen molar-refractivity contribution < 1.29 is 22.7 Å². The quantitative estimate of drug-likeness (QED) is 0.905. The Labute approximate surface area is 116 Å². The first-order chi connectivity index (χ1) is 9.27. The van der Waals surface area contributed by atoms with E-state index in [0.717, 1.165) is 6.07 Å². The number of hydrogen-bond donors (Lipinski definition) is 1. The second-order valence-corrected chi connectivity index (χ2v) is 4.66. The minimum absolute atomic E-state index is 0.113. The summed E-state index contributed by atoms with van der Waals surface area (Å²) in [7, 11) is 1.38. The minimum Gasteiger partial charge on any atom is -0.375 e. The summed E-state index contributed by atoms with van der Waals surface area (Å²) in [5, 5.41) is 2.63. The van der Waals surface area contributed by atoms with Crippen LogP contribution in [0.5, 0.6) is 0 Å². The van der Waals surface area contributed by atoms with Crippen molar-refractivity contribution in [3.8, 4) is 0 Å². The molecule has 112 valence electrons. The summed E-state index contributed by atoms with van der Waals surface area (Å²) >= 11 is 0. The molecule has 0 fully saturated rings. The smallest absolute Gasteiger partial charge is 0.375 e. The number of carbonyl (C=O) groups excluding carboxylic acids is 1. The van der Waals surface area contributed by atoms with E-state index in [0.29, 0.717) is 0 Å². The topological polar surface area (TPSA) is 38.3 Å². The van der Waals surface area contributed by atoms with Crippen LogP contribution >= 0.6 is 0 Å². The largest absolute Gasteiger partial charge is 0.416 e. The Bertz CT molecular complexity index is 460. The van der Waals surface area contributed by atoms with Gasteiger partial charge in [-0.25, -0.2) is 0 Å². The van der Waals surface area contributed by atoms with Crippen LogP contribution in [0.4, 0.5) is 13.2 Å². The van der Waals surface area contributed by atoms with Gasteiger partial charge in [-0.15, -0.1) is 0 Å². The fraction of sp³-hybridized carbons (Fsp3) is 0.500. The molecule has 3 nitrogen and oxygen atoms in total. The number of methoxy groups -OCH3 is 1. The third-order valence-corrected chi connectivity index (χ3v) is 3.17. The van der Waals surface area contributed by atoms with Gasteiger partial charge < -0.3 is 10.1 Å². The number of ether oxygens (including phenoxy) is 1. The zero-order valence-electron chi connectivity index (χ0n) is 11.6. The van der Waals surface area contributed by atoms with Gasteiger partial charge in [-0.05, 0) is 18.6 Å². The van der Waals surface area contributed by atoms with Crippen molar-refractivity contribution in [3.05, 3.63) is 35.4 Å². The standard InChI is InChI=1S/C14H18F3NO2/c1-9(10(2)18-13(19)8-20-3)11-6-4-5-7-12(11)14(15,16)17/h4-7,9-10H,8H2,1-3H3,(H,18,19). The molecule has 2 unspecified atom stereocenters. The first-order valence-electron chi connectivity index (χ1n) is 6.21. The monoisotopic (exact) mass is 289 g/mol. The maximum Gasteiger partial charge on any atom is 0.416 e. The molecule has 6 heteroatoms. The van der Waals surface area contributed by atoms with Gasteiger partial charge in [0.25, 0.3) is 0 Å². The van der Waals surface area contributed by atoms with Crippen LogP contribution < -0.4 is 5.32 Å². The Hall–Kier alpha value is -1.56. The van der Waals surface area contributed by atoms with Crippen molar-refractivity contribution in [3.63, 3.8) is 0 Å². The van der Waals surface area contributed by atoms with Crippen LogP contribution in [0.3, 0.4) is 0 Å². The van der Waals surface area contributed by atoms with E-state index >= 15 is 0 Å². The summed E-state index contributed by atoms with van der Waals surface area (Å²) in [6.07, 6.45) is -4.40. The summed E-state index contributed by atoms with van der Waals surface area (Å²) in [6.45, 7) is 3.21. The van der Waals surface area contributed by atoms with Gasteiger partial charge in [-0.3, -0.25) is 4.79 Å². The number of rotatable bonds is 5. The van der Waals surface area contributed by atoms with E-state index in [1.54, 1.807) is 19.9 Å². The Morgan fingerprint density at radius 1 is 1.30 bits per heavy atom. The van der Waals surface area contributed by atoms with Crippen LogP contribution in [-0.2, 0) is 15.7 Å². The lowest BCUT2D eigenvalue weighted by molar-refractivity contribution is -0.138. The van der Waals surface area contributed by atoms with Gasteiger partial charge in [-0.1, -0.05) is 25.1 Å². The fourth-order valence-electron chi connectivity index (χ4n) is 1.97. The Morgan fingerprint density at radius 2 is 1.90 bits per heavy atom. The van der Waals surface area contributed by atoms with Crippen molar-refractivity contribution >= 4 is 5.91 Å². The average molecular weight is 289 g/mol. The van der Waals surface area contributed by atoms with E-state index in [1.165, 1.54) is 19.2 Å². The summed E-state index contributed by atoms with van der Waals surface area (Å²) in [4.78, 5) is 11.4. The second kappa shape index (κ2) is 6.74. The Balaban J connectivity index is 2.92. The Kier molecular flexibility index (Phi) is 5.56. The van der Waals surface area contributed by atoms with E-state index in [2.05, 4.69) is 10.1 Å². The van der Waals surface area contributed by atoms with Crippen LogP contribution in [0.25, 0.3) is 0 Å². The fourth-order valence-corrected chi connectivity index (χ4v) is 1.97. The molecule has 2 atom stereocenters. The predicted octanol–water partition coefficient (Wildman–Crippen LogP) is 2.96. The second-order valence-electron chi connectivity index (χ2n) is 4.66. The molecule has 1 rings (SSSR count). The third-order valence-electron chi connectivity index (χ3n) is 3.17. The van der Waals surface area contributed by atoms with Gasteiger partial charge in [0.1, 0.15) is 6.61 Å². The number of amides is 1. The zero-order valence-corrected chi connectivity index (χ0v) is 11.6. The molecule has 0 saturated carbocycles. The zero-order chi connectivity index (χ0) is 15.3. The highest BCUT2D eigenvalue weighted by Gasteiger charge is 2.35. The SMILES string of the molecule is COCC(=O)NC(C)C(C)c1ccccc1C(F)(F)F. The van der Waals surface area contributed by atoms with Crippen LogP contribution in [0.2, 0.25) is 0 Å². The van der Waals surface area contributed by atoms with Gasteiger partial charge in [0.15, 0.2) is 0 Å². The van der Waals surface area contributed by atoms with Crippen molar-refractivity contribution in [1.29, 1.82) is 0 Å². The molecule has 0 saturated heterocycles. The molecule has 0 radical (unpaired) electrons. The first-order valence-corrected chi connectivity index (χ1v) is 6.21. The van der Waals surface area contributed by atoms with Crippen LogP contribution in [0.15, 0.2) is 24.3 Å². The first kappa shape index (κ1) is 16.5. The summed E-state index contributed by atoms with van der Waals surface area (Å²) in [6, 6.07) is 4.97. The van der Waals surface area contributed by atoms with Crippen LogP contribution in [0.1, 0.15) is 30.9 Å². The normalized spacial score (nSPS) is 14.7. The van der Waals surface area contributed by atoms with Crippen molar-refractivity contribution in [1.82, 2.24) is 5.32 Å². The molecule has 0 aromatic heterocycles. The molecular weight excluding hydrogens is 271 g/mol. The number of carbonyl (C=O) groups is 1. The molecular formula is C14H18F3NO2. The number of nitrogens with one attached hydrogen (secondary N) is 1. The predicted molar refractivity (Wildman–Crippen MR) is 69.3 cm³/mol. The molecule has 0 aliphatic heterocycles. The molecule has 0 spiro atoms. The van der Waals surface area contributed by atoms with Crippen molar-refractivity contribution in [2.24, 2.45) is 0 Å². The maximum atomic E-state index is 12.9. The van der Waals surface area contributed by atoms with E-state index in [-0.39, 0.29) is 18.1 Å². The molecule has 1 N–H and O–H groups in total. The number of benzene rings is 1. The Morgan fingerprint density at radius 3 is 2.45 bits per heavy atom. The van der Waals surface area contributed by atoms with Gasteiger partial charge in [0.05, 0.1) is 5.56 Å². The maximum absolute atomic E-state index is 12.9. The third kappa shape index (κ3) is 4.23. The molecule has 1 amide bonds. The van der Waals surface area contributed by atoms with Gasteiger partial charge in [0, 0.05) is 19.1 Å². The lowest BCUT2D eigenvalue weighted by atomic mass is 9.90. The average Bonchev–Trinajstić information content (AvgIpc) is 2.37. The molecule has 0 heterocycles. The molecule has 0 aliphatic rings. The molecule has 0 bridgehead atoms. The lowest BCUT2D eigenvalue weighted by Gasteiger charge is -2.24. The number of hydrogen-bond acceptors (Lipinski definition) is 2. The van der Waals surface area contributed by atoms with E-state index in [4.69, 9.17) is 0 Å². The highest BCUT2D eigenvalue weighted by atomic mass is 19.4. The van der Waals surface area contributed by atoms with Crippen LogP contribution in [-0.4, -0.2) is 25.7 Å². The van der Waals surface area contributed by atoms with E-state index in [1.807, 2.05) is 0 Å². The van der Waals surface area contributed by atoms with E-state index in [9.17, 15) is 18.0 Å². The summed E-state index contributed by atoms with van der Waals surface area (Å²) in [5.74, 6) is -0.815. The lowest BCUT2D eigenvalue weighted by Crippen LogP contribution is -2.38. The number of halogens is 3. The summed E-state index contributed by atoms with van der Waals surface area (Å²) in [5.41, 5.74) is -0.495. The number of alkyl halides is 3. The molecule has 0 aliphatic carbocycles. The van der Waals surface area contributed by atoms with E-state index < -0.39 is 23.7 Å². The van der Waals surface area contributed by atoms with Crippen molar-refractivity contribution in [2.75, 3.05) is 13.7 Å². The molecule has 1 aromatic rings. The van der Waals surface area contributed by atoms with Crippen molar-refractivity contribution in [2.45, 2.75) is 32.0 Å². The molecule has 1 aromatic carbocycles. The highest BCUT2D eigenvalue weighted by Crippen LogP contribution is 2.35.